The highest BCUT2D eigenvalue weighted by molar-refractivity contribution is 5.92. The fraction of sp³-hybridized carbons (Fsp3) is 0.438. The van der Waals surface area contributed by atoms with Crippen LogP contribution >= 0.6 is 0 Å². The third-order valence-electron chi connectivity index (χ3n) is 6.67. The molecule has 0 spiro atoms. The predicted molar refractivity (Wildman–Crippen MR) is 156 cm³/mol. The first kappa shape index (κ1) is 32.2. The zero-order valence-corrected chi connectivity index (χ0v) is 25.3. The van der Waals surface area contributed by atoms with Gasteiger partial charge in [-0.1, -0.05) is 44.2 Å². The lowest BCUT2D eigenvalue weighted by Crippen LogP contribution is -2.25. The Labute approximate surface area is 246 Å². The number of aromatic nitrogens is 1. The van der Waals surface area contributed by atoms with E-state index in [1.165, 1.54) is 20.3 Å². The van der Waals surface area contributed by atoms with Gasteiger partial charge in [0, 0.05) is 35.0 Å². The Kier molecular flexibility index (Phi) is 10.4. The maximum atomic E-state index is 13.2. The number of esters is 4. The molecule has 1 aliphatic heterocycles. The van der Waals surface area contributed by atoms with Crippen LogP contribution in [0.3, 0.4) is 0 Å². The van der Waals surface area contributed by atoms with Crippen LogP contribution in [0.4, 0.5) is 0 Å². The van der Waals surface area contributed by atoms with Crippen LogP contribution in [-0.4, -0.2) is 48.7 Å². The van der Waals surface area contributed by atoms with Gasteiger partial charge in [-0.05, 0) is 56.4 Å². The molecular weight excluding hydrogens is 540 g/mol. The van der Waals surface area contributed by atoms with Crippen molar-refractivity contribution in [3.63, 3.8) is 0 Å². The molecule has 2 N–H and O–H groups in total. The SMILES string of the molecule is COC(=O)CCc1c(C(=O)OC(C)(C)C)[nH]c(/C=C2\N/C(=C/C(=O)OCc3ccccc3)CC2(C)C)c1CC(=O)OC. The number of rotatable bonds is 10. The molecule has 0 bridgehead atoms. The van der Waals surface area contributed by atoms with Crippen molar-refractivity contribution in [3.05, 3.63) is 75.9 Å². The smallest absolute Gasteiger partial charge is 0.355 e. The lowest BCUT2D eigenvalue weighted by atomic mass is 9.87. The first-order chi connectivity index (χ1) is 19.7. The highest BCUT2D eigenvalue weighted by Crippen LogP contribution is 2.40. The molecule has 42 heavy (non-hydrogen) atoms. The highest BCUT2D eigenvalue weighted by atomic mass is 16.6. The second-order valence-corrected chi connectivity index (χ2v) is 11.7. The van der Waals surface area contributed by atoms with Crippen LogP contribution in [0.15, 0.2) is 47.8 Å². The molecule has 0 atom stereocenters. The second-order valence-electron chi connectivity index (χ2n) is 11.7. The topological polar surface area (TPSA) is 133 Å². The average molecular weight is 581 g/mol. The summed E-state index contributed by atoms with van der Waals surface area (Å²) in [5.41, 5.74) is 2.75. The molecule has 1 aliphatic rings. The second kappa shape index (κ2) is 13.5. The molecule has 0 amide bonds. The molecule has 10 heteroatoms. The minimum absolute atomic E-state index is 0.00391. The van der Waals surface area contributed by atoms with Crippen LogP contribution in [0.5, 0.6) is 0 Å². The number of H-pyrrole nitrogens is 1. The molecule has 0 saturated carbocycles. The van der Waals surface area contributed by atoms with E-state index in [2.05, 4.69) is 10.3 Å². The molecule has 1 fully saturated rings. The number of benzene rings is 1. The number of ether oxygens (including phenoxy) is 4. The van der Waals surface area contributed by atoms with Gasteiger partial charge < -0.3 is 29.2 Å². The van der Waals surface area contributed by atoms with Crippen LogP contribution in [0, 0.1) is 5.41 Å². The van der Waals surface area contributed by atoms with Crippen LogP contribution in [0.25, 0.3) is 6.08 Å². The number of carbonyl (C=O) groups excluding carboxylic acids is 4. The Balaban J connectivity index is 1.98. The summed E-state index contributed by atoms with van der Waals surface area (Å²) in [6.07, 6.45) is 3.77. The van der Waals surface area contributed by atoms with E-state index in [1.807, 2.05) is 50.3 Å². The van der Waals surface area contributed by atoms with Crippen molar-refractivity contribution in [1.82, 2.24) is 10.3 Å². The van der Waals surface area contributed by atoms with Gasteiger partial charge in [0.1, 0.15) is 17.9 Å². The summed E-state index contributed by atoms with van der Waals surface area (Å²) in [6.45, 7) is 9.45. The zero-order valence-electron chi connectivity index (χ0n) is 25.3. The molecule has 2 heterocycles. The zero-order chi connectivity index (χ0) is 31.1. The summed E-state index contributed by atoms with van der Waals surface area (Å²) < 4.78 is 20.8. The van der Waals surface area contributed by atoms with Crippen molar-refractivity contribution in [3.8, 4) is 0 Å². The van der Waals surface area contributed by atoms with Crippen LogP contribution in [-0.2, 0) is 52.8 Å². The Hall–Kier alpha value is -4.34. The molecule has 1 aromatic heterocycles. The average Bonchev–Trinajstić information content (AvgIpc) is 3.40. The van der Waals surface area contributed by atoms with E-state index in [0.717, 1.165) is 11.3 Å². The largest absolute Gasteiger partial charge is 0.469 e. The highest BCUT2D eigenvalue weighted by Gasteiger charge is 2.34. The van der Waals surface area contributed by atoms with Crippen molar-refractivity contribution < 1.29 is 38.1 Å². The van der Waals surface area contributed by atoms with E-state index < -0.39 is 34.9 Å². The first-order valence-electron chi connectivity index (χ1n) is 13.7. The van der Waals surface area contributed by atoms with E-state index in [-0.39, 0.29) is 31.6 Å². The number of aromatic amines is 1. The van der Waals surface area contributed by atoms with Crippen LogP contribution < -0.4 is 5.32 Å². The van der Waals surface area contributed by atoms with Gasteiger partial charge in [-0.25, -0.2) is 9.59 Å². The van der Waals surface area contributed by atoms with Gasteiger partial charge in [0.25, 0.3) is 0 Å². The Bertz CT molecular complexity index is 1380. The van der Waals surface area contributed by atoms with Crippen molar-refractivity contribution in [2.45, 2.75) is 72.5 Å². The number of methoxy groups -OCH3 is 2. The first-order valence-corrected chi connectivity index (χ1v) is 13.7. The Morgan fingerprint density at radius 2 is 1.64 bits per heavy atom. The van der Waals surface area contributed by atoms with Gasteiger partial charge in [0.15, 0.2) is 0 Å². The van der Waals surface area contributed by atoms with Crippen molar-refractivity contribution in [2.75, 3.05) is 14.2 Å². The van der Waals surface area contributed by atoms with Gasteiger partial charge in [-0.3, -0.25) is 9.59 Å². The number of hydrogen-bond acceptors (Lipinski definition) is 9. The fourth-order valence-corrected chi connectivity index (χ4v) is 4.58. The fourth-order valence-electron chi connectivity index (χ4n) is 4.58. The van der Waals surface area contributed by atoms with Crippen LogP contribution in [0.1, 0.15) is 80.3 Å². The Morgan fingerprint density at radius 1 is 0.976 bits per heavy atom. The minimum atomic E-state index is -0.771. The van der Waals surface area contributed by atoms with Gasteiger partial charge in [-0.15, -0.1) is 0 Å². The molecule has 0 aliphatic carbocycles. The summed E-state index contributed by atoms with van der Waals surface area (Å²) >= 11 is 0. The van der Waals surface area contributed by atoms with Crippen molar-refractivity contribution in [1.29, 1.82) is 0 Å². The van der Waals surface area contributed by atoms with Gasteiger partial charge in [0.2, 0.25) is 0 Å². The quantitative estimate of drug-likeness (QED) is 0.231. The van der Waals surface area contributed by atoms with E-state index in [0.29, 0.717) is 28.9 Å². The lowest BCUT2D eigenvalue weighted by molar-refractivity contribution is -0.141. The lowest BCUT2D eigenvalue weighted by Gasteiger charge is -2.19. The number of carbonyl (C=O) groups is 4. The molecule has 1 saturated heterocycles. The third-order valence-corrected chi connectivity index (χ3v) is 6.67. The molecule has 3 rings (SSSR count). The predicted octanol–water partition coefficient (Wildman–Crippen LogP) is 4.78. The van der Waals surface area contributed by atoms with Crippen LogP contribution in [0.2, 0.25) is 0 Å². The summed E-state index contributed by atoms with van der Waals surface area (Å²) in [5.74, 6) is -2.05. The summed E-state index contributed by atoms with van der Waals surface area (Å²) in [7, 11) is 2.57. The summed E-state index contributed by atoms with van der Waals surface area (Å²) in [6, 6.07) is 9.41. The number of allylic oxidation sites excluding steroid dienone is 2. The van der Waals surface area contributed by atoms with Crippen molar-refractivity contribution in [2.24, 2.45) is 5.41 Å². The molecular formula is C32H40N2O8. The molecule has 0 unspecified atom stereocenters. The van der Waals surface area contributed by atoms with E-state index in [9.17, 15) is 19.2 Å². The Morgan fingerprint density at radius 3 is 2.26 bits per heavy atom. The minimum Gasteiger partial charge on any atom is -0.469 e. The molecule has 226 valence electrons. The monoisotopic (exact) mass is 580 g/mol. The van der Waals surface area contributed by atoms with Crippen molar-refractivity contribution >= 4 is 30.0 Å². The van der Waals surface area contributed by atoms with E-state index >= 15 is 0 Å². The molecule has 10 nitrogen and oxygen atoms in total. The van der Waals surface area contributed by atoms with E-state index in [1.54, 1.807) is 20.8 Å². The molecule has 0 radical (unpaired) electrons. The van der Waals surface area contributed by atoms with Gasteiger partial charge in [-0.2, -0.15) is 0 Å². The normalized spacial score (nSPS) is 16.2. The maximum absolute atomic E-state index is 13.2. The number of hydrogen-bond donors (Lipinski definition) is 2. The van der Waals surface area contributed by atoms with Gasteiger partial charge in [0.05, 0.1) is 20.6 Å². The third kappa shape index (κ3) is 8.83. The van der Waals surface area contributed by atoms with E-state index in [4.69, 9.17) is 18.9 Å². The summed E-state index contributed by atoms with van der Waals surface area (Å²) in [5, 5.41) is 3.30. The van der Waals surface area contributed by atoms with Gasteiger partial charge >= 0.3 is 23.9 Å². The summed E-state index contributed by atoms with van der Waals surface area (Å²) in [4.78, 5) is 53.4. The molecule has 1 aromatic carbocycles. The maximum Gasteiger partial charge on any atom is 0.355 e. The molecule has 2 aromatic rings. The number of nitrogens with one attached hydrogen (secondary N) is 2. The standard InChI is InChI=1S/C32H40N2O8/c1-31(2,3)42-30(38)29-22(13-14-26(35)39-6)23(16-27(36)40-7)24(34-29)17-25-32(4,5)18-21(33-25)15-28(37)41-19-20-11-9-8-10-12-20/h8-12,15,17,33-34H,13-14,16,18-19H2,1-7H3/b21-15+,25-17-.